The van der Waals surface area contributed by atoms with E-state index in [2.05, 4.69) is 17.2 Å². The van der Waals surface area contributed by atoms with Gasteiger partial charge >= 0.3 is 0 Å². The Kier molecular flexibility index (Phi) is 17.2. The molecule has 4 heteroatoms. The van der Waals surface area contributed by atoms with Gasteiger partial charge in [0.25, 0.3) is 0 Å². The number of unbranched alkanes of at least 4 members (excludes halogenated alkanes) is 12. The molecule has 0 bridgehead atoms. The summed E-state index contributed by atoms with van der Waals surface area (Å²) in [6, 6.07) is 5.96. The van der Waals surface area contributed by atoms with Crippen LogP contribution in [0.3, 0.4) is 0 Å². The van der Waals surface area contributed by atoms with Crippen LogP contribution in [0, 0.1) is 0 Å². The number of carbonyl (C=O) groups is 1. The van der Waals surface area contributed by atoms with Crippen molar-refractivity contribution in [1.82, 2.24) is 10.3 Å². The molecule has 0 unspecified atom stereocenters. The fourth-order valence-electron chi connectivity index (χ4n) is 3.30. The molecule has 0 aliphatic carbocycles. The van der Waals surface area contributed by atoms with Crippen molar-refractivity contribution in [1.29, 1.82) is 0 Å². The Morgan fingerprint density at radius 1 is 0.857 bits per heavy atom. The molecule has 1 amide bonds. The van der Waals surface area contributed by atoms with E-state index in [1.807, 2.05) is 24.4 Å². The lowest BCUT2D eigenvalue weighted by molar-refractivity contribution is -0.121. The molecular weight excluding hydrogens is 364 g/mol. The molecule has 1 heterocycles. The minimum Gasteiger partial charge on any atom is -0.356 e. The number of pyridine rings is 1. The summed E-state index contributed by atoms with van der Waals surface area (Å²) in [4.78, 5) is 16.1. The van der Waals surface area contributed by atoms with E-state index < -0.39 is 0 Å². The van der Waals surface area contributed by atoms with E-state index in [-0.39, 0.29) is 5.91 Å². The van der Waals surface area contributed by atoms with Crippen molar-refractivity contribution in [3.63, 3.8) is 0 Å². The summed E-state index contributed by atoms with van der Waals surface area (Å²) in [6.45, 7) is 3.05. The molecule has 0 saturated carbocycles. The van der Waals surface area contributed by atoms with Crippen molar-refractivity contribution in [2.45, 2.75) is 108 Å². The highest BCUT2D eigenvalue weighted by Crippen LogP contribution is 2.15. The maximum absolute atomic E-state index is 11.8. The summed E-state index contributed by atoms with van der Waals surface area (Å²) in [5, 5.41) is 4.10. The Hall–Kier alpha value is -1.03. The zero-order valence-corrected chi connectivity index (χ0v) is 18.9. The van der Waals surface area contributed by atoms with Crippen LogP contribution in [0.15, 0.2) is 29.4 Å². The van der Waals surface area contributed by atoms with Crippen molar-refractivity contribution in [3.8, 4) is 0 Å². The highest BCUT2D eigenvalue weighted by atomic mass is 32.2. The monoisotopic (exact) mass is 406 g/mol. The first-order valence-corrected chi connectivity index (χ1v) is 12.6. The largest absolute Gasteiger partial charge is 0.356 e. The summed E-state index contributed by atoms with van der Waals surface area (Å²) >= 11 is 1.75. The number of rotatable bonds is 19. The standard InChI is InChI=1S/C24H42N2OS/c1-2-3-4-5-6-7-8-9-10-11-12-13-14-18-23(27)25-21-17-22-28-24-19-15-16-20-26-24/h15-16,19-20H,2-14,17-18,21-22H2,1H3,(H,25,27). The Morgan fingerprint density at radius 2 is 1.46 bits per heavy atom. The first-order chi connectivity index (χ1) is 13.8. The second kappa shape index (κ2) is 19.3. The fourth-order valence-corrected chi connectivity index (χ4v) is 4.11. The molecular formula is C24H42N2OS. The van der Waals surface area contributed by atoms with Crippen molar-refractivity contribution < 1.29 is 4.79 Å². The summed E-state index contributed by atoms with van der Waals surface area (Å²) in [5.74, 6) is 1.21. The van der Waals surface area contributed by atoms with Crippen LogP contribution in [-0.2, 0) is 4.79 Å². The molecule has 1 N–H and O–H groups in total. The lowest BCUT2D eigenvalue weighted by Crippen LogP contribution is -2.24. The molecule has 160 valence electrons. The van der Waals surface area contributed by atoms with Crippen molar-refractivity contribution in [3.05, 3.63) is 24.4 Å². The van der Waals surface area contributed by atoms with Gasteiger partial charge in [-0.15, -0.1) is 11.8 Å². The summed E-state index contributed by atoms with van der Waals surface area (Å²) in [5.41, 5.74) is 0. The Bertz CT molecular complexity index is 467. The summed E-state index contributed by atoms with van der Waals surface area (Å²) in [6.07, 6.45) is 21.0. The minimum absolute atomic E-state index is 0.214. The van der Waals surface area contributed by atoms with Gasteiger partial charge in [-0.05, 0) is 25.0 Å². The molecule has 0 aliphatic rings. The van der Waals surface area contributed by atoms with Crippen LogP contribution < -0.4 is 5.32 Å². The second-order valence-electron chi connectivity index (χ2n) is 7.71. The zero-order valence-electron chi connectivity index (χ0n) is 18.1. The normalized spacial score (nSPS) is 10.9. The quantitative estimate of drug-likeness (QED) is 0.196. The molecule has 0 saturated heterocycles. The topological polar surface area (TPSA) is 42.0 Å². The highest BCUT2D eigenvalue weighted by molar-refractivity contribution is 7.99. The van der Waals surface area contributed by atoms with Gasteiger partial charge in [0, 0.05) is 24.9 Å². The minimum atomic E-state index is 0.214. The zero-order chi connectivity index (χ0) is 20.1. The van der Waals surface area contributed by atoms with Gasteiger partial charge < -0.3 is 5.32 Å². The van der Waals surface area contributed by atoms with Crippen LogP contribution in [0.25, 0.3) is 0 Å². The molecule has 1 aromatic heterocycles. The van der Waals surface area contributed by atoms with E-state index in [4.69, 9.17) is 0 Å². The van der Waals surface area contributed by atoms with Crippen LogP contribution in [0.1, 0.15) is 103 Å². The van der Waals surface area contributed by atoms with E-state index in [0.717, 1.165) is 30.2 Å². The Balaban J connectivity index is 1.77. The van der Waals surface area contributed by atoms with Crippen molar-refractivity contribution in [2.75, 3.05) is 12.3 Å². The van der Waals surface area contributed by atoms with Crippen LogP contribution in [0.4, 0.5) is 0 Å². The third kappa shape index (κ3) is 16.0. The first-order valence-electron chi connectivity index (χ1n) is 11.6. The van der Waals surface area contributed by atoms with Gasteiger partial charge in [-0.3, -0.25) is 4.79 Å². The molecule has 1 rings (SSSR count). The number of hydrogen-bond donors (Lipinski definition) is 1. The number of nitrogens with one attached hydrogen (secondary N) is 1. The number of hydrogen-bond acceptors (Lipinski definition) is 3. The summed E-state index contributed by atoms with van der Waals surface area (Å²) in [7, 11) is 0. The maximum Gasteiger partial charge on any atom is 0.219 e. The average molecular weight is 407 g/mol. The Labute approximate surface area is 177 Å². The predicted molar refractivity (Wildman–Crippen MR) is 123 cm³/mol. The lowest BCUT2D eigenvalue weighted by atomic mass is 10.0. The van der Waals surface area contributed by atoms with E-state index in [1.54, 1.807) is 11.8 Å². The Morgan fingerprint density at radius 3 is 2.04 bits per heavy atom. The number of carbonyl (C=O) groups excluding carboxylic acids is 1. The smallest absolute Gasteiger partial charge is 0.219 e. The molecule has 0 radical (unpaired) electrons. The molecule has 0 aliphatic heterocycles. The molecule has 0 fully saturated rings. The molecule has 0 atom stereocenters. The fraction of sp³-hybridized carbons (Fsp3) is 0.750. The van der Waals surface area contributed by atoms with Gasteiger partial charge in [0.2, 0.25) is 5.91 Å². The third-order valence-corrected chi connectivity index (χ3v) is 6.07. The van der Waals surface area contributed by atoms with Gasteiger partial charge in [-0.1, -0.05) is 90.0 Å². The summed E-state index contributed by atoms with van der Waals surface area (Å²) < 4.78 is 0. The van der Waals surface area contributed by atoms with Crippen molar-refractivity contribution >= 4 is 17.7 Å². The SMILES string of the molecule is CCCCCCCCCCCCCCCC(=O)NCCCSc1ccccn1. The third-order valence-electron chi connectivity index (χ3n) is 5.04. The highest BCUT2D eigenvalue weighted by Gasteiger charge is 2.01. The molecule has 3 nitrogen and oxygen atoms in total. The average Bonchev–Trinajstić information content (AvgIpc) is 2.72. The first kappa shape index (κ1) is 25.0. The van der Waals surface area contributed by atoms with Gasteiger partial charge in [0.15, 0.2) is 0 Å². The van der Waals surface area contributed by atoms with E-state index in [1.165, 1.54) is 77.0 Å². The van der Waals surface area contributed by atoms with E-state index in [9.17, 15) is 4.79 Å². The van der Waals surface area contributed by atoms with Gasteiger partial charge in [-0.25, -0.2) is 4.98 Å². The lowest BCUT2D eigenvalue weighted by Gasteiger charge is -2.05. The van der Waals surface area contributed by atoms with Gasteiger partial charge in [0.1, 0.15) is 0 Å². The van der Waals surface area contributed by atoms with E-state index in [0.29, 0.717) is 6.42 Å². The number of aromatic nitrogens is 1. The maximum atomic E-state index is 11.8. The van der Waals surface area contributed by atoms with Crippen molar-refractivity contribution in [2.24, 2.45) is 0 Å². The van der Waals surface area contributed by atoms with Crippen LogP contribution >= 0.6 is 11.8 Å². The van der Waals surface area contributed by atoms with Crippen LogP contribution in [0.2, 0.25) is 0 Å². The number of amides is 1. The number of nitrogens with zero attached hydrogens (tertiary/aromatic N) is 1. The molecule has 0 spiro atoms. The van der Waals surface area contributed by atoms with E-state index >= 15 is 0 Å². The van der Waals surface area contributed by atoms with Gasteiger partial charge in [0.05, 0.1) is 5.03 Å². The van der Waals surface area contributed by atoms with Crippen LogP contribution in [-0.4, -0.2) is 23.2 Å². The predicted octanol–water partition coefficient (Wildman–Crippen LogP) is 7.16. The molecule has 1 aromatic rings. The molecule has 0 aromatic carbocycles. The van der Waals surface area contributed by atoms with Gasteiger partial charge in [-0.2, -0.15) is 0 Å². The second-order valence-corrected chi connectivity index (χ2v) is 8.83. The molecule has 28 heavy (non-hydrogen) atoms. The number of thioether (sulfide) groups is 1. The van der Waals surface area contributed by atoms with Crippen LogP contribution in [0.5, 0.6) is 0 Å².